The predicted octanol–water partition coefficient (Wildman–Crippen LogP) is 4.38. The maximum Gasteiger partial charge on any atom is 0.269 e. The molecular formula is C21H23ClN4O. The molecule has 1 fully saturated rings. The van der Waals surface area contributed by atoms with E-state index >= 15 is 0 Å². The fraction of sp³-hybridized carbons (Fsp3) is 0.333. The van der Waals surface area contributed by atoms with Crippen LogP contribution in [0, 0.1) is 5.92 Å². The highest BCUT2D eigenvalue weighted by atomic mass is 35.5. The second-order valence-corrected chi connectivity index (χ2v) is 7.61. The first-order valence-corrected chi connectivity index (χ1v) is 9.74. The van der Waals surface area contributed by atoms with Crippen LogP contribution in [0.4, 0.5) is 5.82 Å². The largest absolute Gasteiger partial charge is 0.357 e. The molecule has 0 radical (unpaired) electrons. The Morgan fingerprint density at radius 3 is 2.74 bits per heavy atom. The van der Waals surface area contributed by atoms with Crippen LogP contribution in [0.15, 0.2) is 42.6 Å². The van der Waals surface area contributed by atoms with Gasteiger partial charge in [-0.2, -0.15) is 0 Å². The minimum Gasteiger partial charge on any atom is -0.357 e. The van der Waals surface area contributed by atoms with Gasteiger partial charge in [0.2, 0.25) is 0 Å². The van der Waals surface area contributed by atoms with Crippen LogP contribution in [0.25, 0.3) is 10.9 Å². The number of pyridine rings is 1. The molecule has 3 heterocycles. The number of carbonyl (C=O) groups excluding carboxylic acids is 1. The summed E-state index contributed by atoms with van der Waals surface area (Å²) in [6.45, 7) is 4.83. The Morgan fingerprint density at radius 1 is 1.26 bits per heavy atom. The SMILES string of the molecule is CC1CCN(c2ccc(CNC(=O)c3[nH]c4ccccc4c3Cl)cn2)CC1. The number of aromatic amines is 1. The molecule has 0 spiro atoms. The molecule has 1 saturated heterocycles. The van der Waals surface area contributed by atoms with E-state index in [1.54, 1.807) is 0 Å². The molecule has 0 saturated carbocycles. The van der Waals surface area contributed by atoms with Crippen molar-refractivity contribution in [3.05, 3.63) is 58.9 Å². The van der Waals surface area contributed by atoms with Crippen molar-refractivity contribution in [3.63, 3.8) is 0 Å². The van der Waals surface area contributed by atoms with E-state index < -0.39 is 0 Å². The Morgan fingerprint density at radius 2 is 2.04 bits per heavy atom. The molecule has 0 bridgehead atoms. The minimum absolute atomic E-state index is 0.217. The van der Waals surface area contributed by atoms with Gasteiger partial charge >= 0.3 is 0 Å². The van der Waals surface area contributed by atoms with Crippen molar-refractivity contribution < 1.29 is 4.79 Å². The molecule has 0 atom stereocenters. The van der Waals surface area contributed by atoms with Crippen molar-refractivity contribution in [2.24, 2.45) is 5.92 Å². The number of amides is 1. The average molecular weight is 383 g/mol. The van der Waals surface area contributed by atoms with Crippen molar-refractivity contribution in [2.45, 2.75) is 26.3 Å². The number of H-pyrrole nitrogens is 1. The van der Waals surface area contributed by atoms with Gasteiger partial charge in [-0.15, -0.1) is 0 Å². The van der Waals surface area contributed by atoms with E-state index in [9.17, 15) is 4.79 Å². The summed E-state index contributed by atoms with van der Waals surface area (Å²) in [6.07, 6.45) is 4.26. The molecule has 6 heteroatoms. The smallest absolute Gasteiger partial charge is 0.269 e. The van der Waals surface area contributed by atoms with Crippen molar-refractivity contribution in [2.75, 3.05) is 18.0 Å². The van der Waals surface area contributed by atoms with Gasteiger partial charge in [0, 0.05) is 36.7 Å². The minimum atomic E-state index is -0.217. The number of fused-ring (bicyclic) bond motifs is 1. The summed E-state index contributed by atoms with van der Waals surface area (Å²) in [5.41, 5.74) is 2.21. The molecule has 0 aliphatic carbocycles. The number of benzene rings is 1. The molecule has 2 N–H and O–H groups in total. The third-order valence-electron chi connectivity index (χ3n) is 5.24. The van der Waals surface area contributed by atoms with Gasteiger partial charge in [0.15, 0.2) is 0 Å². The van der Waals surface area contributed by atoms with E-state index in [0.717, 1.165) is 41.3 Å². The Kier molecular flexibility index (Phi) is 5.03. The first-order valence-electron chi connectivity index (χ1n) is 9.36. The molecule has 27 heavy (non-hydrogen) atoms. The lowest BCUT2D eigenvalue weighted by Crippen LogP contribution is -2.33. The number of piperidine rings is 1. The summed E-state index contributed by atoms with van der Waals surface area (Å²) < 4.78 is 0. The number of aromatic nitrogens is 2. The topological polar surface area (TPSA) is 61.0 Å². The van der Waals surface area contributed by atoms with Gasteiger partial charge in [0.05, 0.1) is 5.02 Å². The fourth-order valence-electron chi connectivity index (χ4n) is 3.48. The van der Waals surface area contributed by atoms with Crippen LogP contribution in [-0.4, -0.2) is 29.0 Å². The van der Waals surface area contributed by atoms with Gasteiger partial charge in [-0.25, -0.2) is 4.98 Å². The van der Waals surface area contributed by atoms with E-state index in [1.807, 2.05) is 42.6 Å². The van der Waals surface area contributed by atoms with Gasteiger partial charge in [0.1, 0.15) is 11.5 Å². The molecule has 1 amide bonds. The van der Waals surface area contributed by atoms with E-state index in [-0.39, 0.29) is 5.91 Å². The summed E-state index contributed by atoms with van der Waals surface area (Å²) in [5.74, 6) is 1.59. The summed E-state index contributed by atoms with van der Waals surface area (Å²) in [5, 5.41) is 4.22. The molecule has 5 nitrogen and oxygen atoms in total. The number of hydrogen-bond acceptors (Lipinski definition) is 3. The number of nitrogens with zero attached hydrogens (tertiary/aromatic N) is 2. The predicted molar refractivity (Wildman–Crippen MR) is 109 cm³/mol. The molecular weight excluding hydrogens is 360 g/mol. The van der Waals surface area contributed by atoms with Crippen molar-refractivity contribution in [3.8, 4) is 0 Å². The summed E-state index contributed by atoms with van der Waals surface area (Å²) in [4.78, 5) is 22.5. The molecule has 1 aromatic carbocycles. The molecule has 140 valence electrons. The number of hydrogen-bond donors (Lipinski definition) is 2. The van der Waals surface area contributed by atoms with Crippen LogP contribution < -0.4 is 10.2 Å². The van der Waals surface area contributed by atoms with Gasteiger partial charge < -0.3 is 15.2 Å². The van der Waals surface area contributed by atoms with Crippen LogP contribution in [0.2, 0.25) is 5.02 Å². The van der Waals surface area contributed by atoms with Crippen LogP contribution in [0.5, 0.6) is 0 Å². The zero-order valence-corrected chi connectivity index (χ0v) is 16.1. The number of rotatable bonds is 4. The Labute approximate surface area is 163 Å². The summed E-state index contributed by atoms with van der Waals surface area (Å²) >= 11 is 6.34. The number of nitrogens with one attached hydrogen (secondary N) is 2. The second-order valence-electron chi connectivity index (χ2n) is 7.24. The lowest BCUT2D eigenvalue weighted by molar-refractivity contribution is 0.0947. The number of para-hydroxylation sites is 1. The van der Waals surface area contributed by atoms with Crippen molar-refractivity contribution in [1.29, 1.82) is 0 Å². The van der Waals surface area contributed by atoms with E-state index in [4.69, 9.17) is 11.6 Å². The lowest BCUT2D eigenvalue weighted by atomic mass is 9.99. The van der Waals surface area contributed by atoms with Gasteiger partial charge in [-0.3, -0.25) is 4.79 Å². The van der Waals surface area contributed by atoms with Gasteiger partial charge in [-0.1, -0.05) is 42.8 Å². The van der Waals surface area contributed by atoms with Gasteiger partial charge in [-0.05, 0) is 36.5 Å². The Balaban J connectivity index is 1.39. The number of anilines is 1. The van der Waals surface area contributed by atoms with Crippen LogP contribution >= 0.6 is 11.6 Å². The highest BCUT2D eigenvalue weighted by Crippen LogP contribution is 2.27. The van der Waals surface area contributed by atoms with Crippen molar-refractivity contribution in [1.82, 2.24) is 15.3 Å². The monoisotopic (exact) mass is 382 g/mol. The van der Waals surface area contributed by atoms with Gasteiger partial charge in [0.25, 0.3) is 5.91 Å². The normalized spacial score (nSPS) is 15.3. The highest BCUT2D eigenvalue weighted by molar-refractivity contribution is 6.38. The fourth-order valence-corrected chi connectivity index (χ4v) is 3.78. The molecule has 4 rings (SSSR count). The highest BCUT2D eigenvalue weighted by Gasteiger charge is 2.18. The zero-order chi connectivity index (χ0) is 18.8. The standard InChI is InChI=1S/C21H23ClN4O/c1-14-8-10-26(11-9-14)18-7-6-15(12-23-18)13-24-21(27)20-19(22)16-4-2-3-5-17(16)25-20/h2-7,12,14,25H,8-11,13H2,1H3,(H,24,27). The molecule has 1 aliphatic rings. The number of halogens is 1. The first kappa shape index (κ1) is 17.9. The van der Waals surface area contributed by atoms with Crippen molar-refractivity contribution >= 4 is 34.2 Å². The van der Waals surface area contributed by atoms with E-state index in [2.05, 4.69) is 27.1 Å². The van der Waals surface area contributed by atoms with E-state index in [0.29, 0.717) is 17.3 Å². The second kappa shape index (κ2) is 7.61. The lowest BCUT2D eigenvalue weighted by Gasteiger charge is -2.31. The quantitative estimate of drug-likeness (QED) is 0.703. The molecule has 0 unspecified atom stereocenters. The maximum atomic E-state index is 12.5. The van der Waals surface area contributed by atoms with Crippen LogP contribution in [-0.2, 0) is 6.54 Å². The summed E-state index contributed by atoms with van der Waals surface area (Å²) in [7, 11) is 0. The van der Waals surface area contributed by atoms with E-state index in [1.165, 1.54) is 12.8 Å². The van der Waals surface area contributed by atoms with Crippen LogP contribution in [0.3, 0.4) is 0 Å². The first-order chi connectivity index (χ1) is 13.1. The molecule has 2 aromatic heterocycles. The molecule has 3 aromatic rings. The Hall–Kier alpha value is -2.53. The third kappa shape index (κ3) is 3.78. The molecule has 1 aliphatic heterocycles. The summed E-state index contributed by atoms with van der Waals surface area (Å²) in [6, 6.07) is 11.7. The maximum absolute atomic E-state index is 12.5. The average Bonchev–Trinajstić information content (AvgIpc) is 3.04. The third-order valence-corrected chi connectivity index (χ3v) is 5.63. The zero-order valence-electron chi connectivity index (χ0n) is 15.3. The van der Waals surface area contributed by atoms with Crippen LogP contribution in [0.1, 0.15) is 35.8 Å². The Bertz CT molecular complexity index is 942. The number of carbonyl (C=O) groups is 1.